The van der Waals surface area contributed by atoms with Crippen molar-refractivity contribution in [3.05, 3.63) is 70.6 Å². The molecule has 1 aliphatic heterocycles. The maximum Gasteiger partial charge on any atom is 0.243 e. The molecule has 1 N–H and O–H groups in total. The maximum absolute atomic E-state index is 13.3. The minimum Gasteiger partial charge on any atom is -0.361 e. The molecule has 0 atom stereocenters. The molecule has 0 bridgehead atoms. The number of sulfonamides is 1. The molecule has 2 aromatic heterocycles. The molecule has 5 rings (SSSR count). The lowest BCUT2D eigenvalue weighted by Gasteiger charge is -2.29. The van der Waals surface area contributed by atoms with E-state index >= 15 is 0 Å². The SMILES string of the molecule is CC1CCN(S(=O)(=O)c2ccc3c(c2)c(=O)ccn3-c2cc3[nH]ccc3cc2C(C)(C)C)CC1. The molecule has 34 heavy (non-hydrogen) atoms. The molecule has 6 nitrogen and oxygen atoms in total. The number of hydrogen-bond donors (Lipinski definition) is 1. The number of H-pyrrole nitrogens is 1. The Balaban J connectivity index is 1.69. The number of nitrogens with zero attached hydrogens (tertiary/aromatic N) is 2. The standard InChI is InChI=1S/C27H31N3O3S/c1-18-8-12-29(13-9-18)34(32,33)20-5-6-24-21(16-20)26(31)10-14-30(24)25-17-23-19(7-11-28-23)15-22(25)27(2,3)4/h5-7,10-11,14-18,28H,8-9,12-13H2,1-4H3. The van der Waals surface area contributed by atoms with Crippen molar-refractivity contribution in [3.8, 4) is 5.69 Å². The number of nitrogens with one attached hydrogen (secondary N) is 1. The van der Waals surface area contributed by atoms with Crippen LogP contribution in [0.4, 0.5) is 0 Å². The van der Waals surface area contributed by atoms with Crippen LogP contribution >= 0.6 is 0 Å². The van der Waals surface area contributed by atoms with Gasteiger partial charge in [0.05, 0.1) is 16.1 Å². The lowest BCUT2D eigenvalue weighted by Crippen LogP contribution is -2.37. The summed E-state index contributed by atoms with van der Waals surface area (Å²) in [5.41, 5.74) is 3.49. The van der Waals surface area contributed by atoms with Gasteiger partial charge in [-0.15, -0.1) is 0 Å². The van der Waals surface area contributed by atoms with E-state index in [4.69, 9.17) is 0 Å². The van der Waals surface area contributed by atoms with Crippen molar-refractivity contribution in [2.75, 3.05) is 13.1 Å². The largest absolute Gasteiger partial charge is 0.361 e. The second-order valence-electron chi connectivity index (χ2n) is 10.5. The number of aromatic nitrogens is 2. The number of rotatable bonds is 3. The van der Waals surface area contributed by atoms with Crippen LogP contribution in [0, 0.1) is 5.92 Å². The van der Waals surface area contributed by atoms with Crippen LogP contribution in [-0.4, -0.2) is 35.4 Å². The third kappa shape index (κ3) is 3.87. The molecule has 4 aromatic rings. The molecular weight excluding hydrogens is 446 g/mol. The summed E-state index contributed by atoms with van der Waals surface area (Å²) < 4.78 is 30.2. The van der Waals surface area contributed by atoms with Gasteiger partial charge < -0.3 is 9.55 Å². The van der Waals surface area contributed by atoms with Gasteiger partial charge in [-0.3, -0.25) is 4.79 Å². The first-order valence-corrected chi connectivity index (χ1v) is 13.3. The Bertz CT molecular complexity index is 1550. The Morgan fingerprint density at radius 3 is 2.44 bits per heavy atom. The monoisotopic (exact) mass is 477 g/mol. The zero-order valence-corrected chi connectivity index (χ0v) is 20.9. The smallest absolute Gasteiger partial charge is 0.243 e. The van der Waals surface area contributed by atoms with Crippen LogP contribution in [0.5, 0.6) is 0 Å². The molecule has 0 saturated carbocycles. The highest BCUT2D eigenvalue weighted by Gasteiger charge is 2.29. The summed E-state index contributed by atoms with van der Waals surface area (Å²) in [6.07, 6.45) is 5.42. The van der Waals surface area contributed by atoms with Gasteiger partial charge in [-0.25, -0.2) is 8.42 Å². The Kier molecular flexibility index (Phi) is 5.45. The van der Waals surface area contributed by atoms with E-state index in [2.05, 4.69) is 50.9 Å². The van der Waals surface area contributed by atoms with Crippen LogP contribution < -0.4 is 5.43 Å². The molecule has 1 aliphatic rings. The maximum atomic E-state index is 13.3. The van der Waals surface area contributed by atoms with Crippen molar-refractivity contribution >= 4 is 31.8 Å². The first-order chi connectivity index (χ1) is 16.1. The van der Waals surface area contributed by atoms with Crippen LogP contribution in [0.3, 0.4) is 0 Å². The van der Waals surface area contributed by atoms with Gasteiger partial charge in [0.25, 0.3) is 0 Å². The first-order valence-electron chi connectivity index (χ1n) is 11.8. The van der Waals surface area contributed by atoms with Gasteiger partial charge in [0.2, 0.25) is 10.0 Å². The van der Waals surface area contributed by atoms with Gasteiger partial charge in [0, 0.05) is 42.5 Å². The third-order valence-corrected chi connectivity index (χ3v) is 8.88. The van der Waals surface area contributed by atoms with E-state index in [1.165, 1.54) is 6.07 Å². The molecular formula is C27H31N3O3S. The fraction of sp³-hybridized carbons (Fsp3) is 0.370. The van der Waals surface area contributed by atoms with Crippen LogP contribution in [0.15, 0.2) is 64.5 Å². The van der Waals surface area contributed by atoms with Crippen molar-refractivity contribution in [2.45, 2.75) is 50.8 Å². The van der Waals surface area contributed by atoms with Crippen LogP contribution in [0.2, 0.25) is 0 Å². The summed E-state index contributed by atoms with van der Waals surface area (Å²) in [5, 5.41) is 1.53. The summed E-state index contributed by atoms with van der Waals surface area (Å²) in [7, 11) is -3.64. The van der Waals surface area contributed by atoms with E-state index in [1.54, 1.807) is 28.7 Å². The summed E-state index contributed by atoms with van der Waals surface area (Å²) in [6, 6.07) is 12.8. The summed E-state index contributed by atoms with van der Waals surface area (Å²) in [5.74, 6) is 0.532. The molecule has 0 radical (unpaired) electrons. The van der Waals surface area contributed by atoms with Gasteiger partial charge in [0.1, 0.15) is 0 Å². The van der Waals surface area contributed by atoms with Crippen molar-refractivity contribution in [3.63, 3.8) is 0 Å². The second-order valence-corrected chi connectivity index (χ2v) is 12.4. The number of fused-ring (bicyclic) bond motifs is 2. The molecule has 0 aliphatic carbocycles. The zero-order valence-electron chi connectivity index (χ0n) is 20.1. The van der Waals surface area contributed by atoms with Gasteiger partial charge >= 0.3 is 0 Å². The highest BCUT2D eigenvalue weighted by Crippen LogP contribution is 2.34. The normalized spacial score (nSPS) is 16.5. The van der Waals surface area contributed by atoms with E-state index < -0.39 is 10.0 Å². The van der Waals surface area contributed by atoms with E-state index in [0.717, 1.165) is 35.0 Å². The highest BCUT2D eigenvalue weighted by atomic mass is 32.2. The quantitative estimate of drug-likeness (QED) is 0.441. The van der Waals surface area contributed by atoms with Gasteiger partial charge in [-0.05, 0) is 71.5 Å². The molecule has 7 heteroatoms. The average Bonchev–Trinajstić information content (AvgIpc) is 3.26. The van der Waals surface area contributed by atoms with E-state index in [-0.39, 0.29) is 15.7 Å². The lowest BCUT2D eigenvalue weighted by atomic mass is 9.85. The van der Waals surface area contributed by atoms with Crippen molar-refractivity contribution in [1.29, 1.82) is 0 Å². The van der Waals surface area contributed by atoms with Crippen LogP contribution in [-0.2, 0) is 15.4 Å². The van der Waals surface area contributed by atoms with Crippen molar-refractivity contribution in [1.82, 2.24) is 13.9 Å². The number of hydrogen-bond acceptors (Lipinski definition) is 3. The van der Waals surface area contributed by atoms with E-state index in [1.807, 2.05) is 10.8 Å². The predicted molar refractivity (Wildman–Crippen MR) is 137 cm³/mol. The molecule has 2 aromatic carbocycles. The molecule has 0 amide bonds. The third-order valence-electron chi connectivity index (χ3n) is 6.99. The van der Waals surface area contributed by atoms with Gasteiger partial charge in [0.15, 0.2) is 5.43 Å². The van der Waals surface area contributed by atoms with E-state index in [0.29, 0.717) is 29.9 Å². The van der Waals surface area contributed by atoms with Crippen LogP contribution in [0.1, 0.15) is 46.1 Å². The fourth-order valence-corrected chi connectivity index (χ4v) is 6.37. The lowest BCUT2D eigenvalue weighted by molar-refractivity contribution is 0.288. The number of aromatic amines is 1. The molecule has 0 unspecified atom stereocenters. The molecule has 1 fully saturated rings. The van der Waals surface area contributed by atoms with Gasteiger partial charge in [-0.1, -0.05) is 27.7 Å². The minimum atomic E-state index is -3.64. The Labute approximate surface area is 200 Å². The number of piperidine rings is 1. The van der Waals surface area contributed by atoms with Crippen LogP contribution in [0.25, 0.3) is 27.5 Å². The molecule has 178 valence electrons. The minimum absolute atomic E-state index is 0.134. The Hall–Kier alpha value is -2.90. The fourth-order valence-electron chi connectivity index (χ4n) is 4.87. The average molecular weight is 478 g/mol. The number of benzene rings is 2. The zero-order chi connectivity index (χ0) is 24.3. The first kappa shape index (κ1) is 22.9. The summed E-state index contributed by atoms with van der Waals surface area (Å²) >= 11 is 0. The molecule has 1 saturated heterocycles. The highest BCUT2D eigenvalue weighted by molar-refractivity contribution is 7.89. The predicted octanol–water partition coefficient (Wildman–Crippen LogP) is 5.19. The molecule has 3 heterocycles. The number of pyridine rings is 1. The summed E-state index contributed by atoms with van der Waals surface area (Å²) in [4.78, 5) is 16.3. The summed E-state index contributed by atoms with van der Waals surface area (Å²) in [6.45, 7) is 9.69. The van der Waals surface area contributed by atoms with Crippen molar-refractivity contribution in [2.24, 2.45) is 5.92 Å². The topological polar surface area (TPSA) is 75.2 Å². The Morgan fingerprint density at radius 2 is 1.74 bits per heavy atom. The van der Waals surface area contributed by atoms with Crippen molar-refractivity contribution < 1.29 is 8.42 Å². The van der Waals surface area contributed by atoms with E-state index in [9.17, 15) is 13.2 Å². The van der Waals surface area contributed by atoms with Gasteiger partial charge in [-0.2, -0.15) is 4.31 Å². The second kappa shape index (κ2) is 8.10. The Morgan fingerprint density at radius 1 is 1.00 bits per heavy atom. The molecule has 0 spiro atoms.